The molecule has 0 N–H and O–H groups in total. The third-order valence-electron chi connectivity index (χ3n) is 2.26. The Kier molecular flexibility index (Phi) is 2.19. The molecule has 74 valence electrons. The Morgan fingerprint density at radius 2 is 2.07 bits per heavy atom. The molecule has 0 unspecified atom stereocenters. The maximum absolute atomic E-state index is 4.50. The first-order valence-corrected chi connectivity index (χ1v) is 4.93. The molecule has 2 aromatic heterocycles. The molecular weight excluding hydrogens is 176 g/mol. The van der Waals surface area contributed by atoms with E-state index in [0.29, 0.717) is 5.92 Å². The van der Waals surface area contributed by atoms with Gasteiger partial charge >= 0.3 is 0 Å². The van der Waals surface area contributed by atoms with Gasteiger partial charge in [0.2, 0.25) is 0 Å². The second-order valence-electron chi connectivity index (χ2n) is 3.65. The van der Waals surface area contributed by atoms with Crippen LogP contribution in [0.2, 0.25) is 0 Å². The largest absolute Gasteiger partial charge is 0.197 e. The third kappa shape index (κ3) is 1.36. The van der Waals surface area contributed by atoms with Crippen LogP contribution in [0.3, 0.4) is 0 Å². The summed E-state index contributed by atoms with van der Waals surface area (Å²) in [4.78, 5) is 0. The monoisotopic (exact) mass is 190 g/mol. The van der Waals surface area contributed by atoms with E-state index in [0.717, 1.165) is 23.6 Å². The molecule has 0 spiro atoms. The number of hydrogen-bond donors (Lipinski definition) is 0. The summed E-state index contributed by atoms with van der Waals surface area (Å²) in [7, 11) is 0. The number of rotatable bonds is 2. The van der Waals surface area contributed by atoms with Gasteiger partial charge < -0.3 is 0 Å². The molecule has 2 aromatic rings. The summed E-state index contributed by atoms with van der Waals surface area (Å²) in [5.41, 5.74) is 1.90. The molecule has 0 fully saturated rings. The Morgan fingerprint density at radius 1 is 1.29 bits per heavy atom. The fraction of sp³-hybridized carbons (Fsp3) is 0.500. The average molecular weight is 190 g/mol. The van der Waals surface area contributed by atoms with Gasteiger partial charge in [0.25, 0.3) is 0 Å². The standard InChI is InChI=1S/C10H14N4/c1-4-9-11-12-10-6-5-8(7(2)3)13-14(9)10/h5-7H,4H2,1-3H3. The van der Waals surface area contributed by atoms with Crippen LogP contribution in [0.25, 0.3) is 5.65 Å². The van der Waals surface area contributed by atoms with Gasteiger partial charge in [0.1, 0.15) is 0 Å². The summed E-state index contributed by atoms with van der Waals surface area (Å²) in [6.45, 7) is 6.31. The van der Waals surface area contributed by atoms with E-state index in [-0.39, 0.29) is 0 Å². The van der Waals surface area contributed by atoms with Crippen LogP contribution >= 0.6 is 0 Å². The van der Waals surface area contributed by atoms with E-state index in [9.17, 15) is 0 Å². The quantitative estimate of drug-likeness (QED) is 0.725. The number of hydrogen-bond acceptors (Lipinski definition) is 3. The van der Waals surface area contributed by atoms with Gasteiger partial charge in [0.05, 0.1) is 5.69 Å². The van der Waals surface area contributed by atoms with Crippen molar-refractivity contribution < 1.29 is 0 Å². The van der Waals surface area contributed by atoms with E-state index < -0.39 is 0 Å². The van der Waals surface area contributed by atoms with E-state index in [1.165, 1.54) is 0 Å². The lowest BCUT2D eigenvalue weighted by Gasteiger charge is -2.04. The summed E-state index contributed by atoms with van der Waals surface area (Å²) in [5.74, 6) is 1.36. The number of aromatic nitrogens is 4. The van der Waals surface area contributed by atoms with Crippen molar-refractivity contribution in [1.82, 2.24) is 19.8 Å². The van der Waals surface area contributed by atoms with Crippen LogP contribution in [0, 0.1) is 0 Å². The predicted octanol–water partition coefficient (Wildman–Crippen LogP) is 1.81. The molecule has 2 heterocycles. The van der Waals surface area contributed by atoms with Gasteiger partial charge in [-0.3, -0.25) is 0 Å². The molecule has 0 radical (unpaired) electrons. The van der Waals surface area contributed by atoms with Gasteiger partial charge in [-0.1, -0.05) is 20.8 Å². The van der Waals surface area contributed by atoms with Crippen LogP contribution in [0.5, 0.6) is 0 Å². The Morgan fingerprint density at radius 3 is 2.71 bits per heavy atom. The number of aryl methyl sites for hydroxylation is 1. The van der Waals surface area contributed by atoms with Crippen molar-refractivity contribution in [2.45, 2.75) is 33.1 Å². The van der Waals surface area contributed by atoms with Gasteiger partial charge in [-0.25, -0.2) is 0 Å². The van der Waals surface area contributed by atoms with Crippen molar-refractivity contribution in [3.63, 3.8) is 0 Å². The third-order valence-corrected chi connectivity index (χ3v) is 2.26. The highest BCUT2D eigenvalue weighted by Gasteiger charge is 2.07. The lowest BCUT2D eigenvalue weighted by Crippen LogP contribution is -2.02. The van der Waals surface area contributed by atoms with E-state index in [4.69, 9.17) is 0 Å². The topological polar surface area (TPSA) is 43.1 Å². The Labute approximate surface area is 83.0 Å². The number of fused-ring (bicyclic) bond motifs is 1. The van der Waals surface area contributed by atoms with Gasteiger partial charge in [0, 0.05) is 6.42 Å². The van der Waals surface area contributed by atoms with Crippen molar-refractivity contribution in [2.75, 3.05) is 0 Å². The molecule has 4 heteroatoms. The molecular formula is C10H14N4. The van der Waals surface area contributed by atoms with E-state index in [1.54, 1.807) is 0 Å². The molecule has 0 aliphatic rings. The molecule has 0 saturated heterocycles. The highest BCUT2D eigenvalue weighted by atomic mass is 15.4. The maximum atomic E-state index is 4.50. The van der Waals surface area contributed by atoms with Crippen molar-refractivity contribution in [1.29, 1.82) is 0 Å². The minimum absolute atomic E-state index is 0.437. The van der Waals surface area contributed by atoms with Crippen LogP contribution in [-0.4, -0.2) is 19.8 Å². The lowest BCUT2D eigenvalue weighted by molar-refractivity contribution is 0.737. The normalized spacial score (nSPS) is 11.4. The molecule has 4 nitrogen and oxygen atoms in total. The molecule has 0 aromatic carbocycles. The van der Waals surface area contributed by atoms with Gasteiger partial charge in [-0.05, 0) is 18.1 Å². The van der Waals surface area contributed by atoms with Crippen molar-refractivity contribution in [2.24, 2.45) is 0 Å². The van der Waals surface area contributed by atoms with Crippen LogP contribution < -0.4 is 0 Å². The average Bonchev–Trinajstić information content (AvgIpc) is 2.59. The summed E-state index contributed by atoms with van der Waals surface area (Å²) in [5, 5.41) is 12.6. The minimum atomic E-state index is 0.437. The van der Waals surface area contributed by atoms with Crippen LogP contribution in [0.15, 0.2) is 12.1 Å². The van der Waals surface area contributed by atoms with Gasteiger partial charge in [-0.15, -0.1) is 10.2 Å². The zero-order chi connectivity index (χ0) is 10.1. The first-order chi connectivity index (χ1) is 6.72. The fourth-order valence-corrected chi connectivity index (χ4v) is 1.38. The Bertz CT molecular complexity index is 444. The molecule has 14 heavy (non-hydrogen) atoms. The summed E-state index contributed by atoms with van der Waals surface area (Å²) in [6.07, 6.45) is 0.857. The van der Waals surface area contributed by atoms with Crippen LogP contribution in [0.1, 0.15) is 38.2 Å². The SMILES string of the molecule is CCc1nnc2ccc(C(C)C)nn12. The summed E-state index contributed by atoms with van der Waals surface area (Å²) in [6, 6.07) is 3.97. The molecule has 0 atom stereocenters. The fourth-order valence-electron chi connectivity index (χ4n) is 1.38. The van der Waals surface area contributed by atoms with Gasteiger partial charge in [-0.2, -0.15) is 9.61 Å². The molecule has 0 saturated carbocycles. The summed E-state index contributed by atoms with van der Waals surface area (Å²) >= 11 is 0. The lowest BCUT2D eigenvalue weighted by atomic mass is 10.1. The van der Waals surface area contributed by atoms with Crippen molar-refractivity contribution in [3.8, 4) is 0 Å². The van der Waals surface area contributed by atoms with E-state index in [2.05, 4.69) is 36.1 Å². The molecule has 2 rings (SSSR count). The predicted molar refractivity (Wildman–Crippen MR) is 54.2 cm³/mol. The summed E-state index contributed by atoms with van der Waals surface area (Å²) < 4.78 is 1.83. The Balaban J connectivity index is 2.61. The Hall–Kier alpha value is -1.45. The van der Waals surface area contributed by atoms with Gasteiger partial charge in [0.15, 0.2) is 11.5 Å². The smallest absolute Gasteiger partial charge is 0.177 e. The maximum Gasteiger partial charge on any atom is 0.177 e. The van der Waals surface area contributed by atoms with E-state index >= 15 is 0 Å². The first-order valence-electron chi connectivity index (χ1n) is 4.93. The van der Waals surface area contributed by atoms with E-state index in [1.807, 2.05) is 16.6 Å². The zero-order valence-corrected chi connectivity index (χ0v) is 8.73. The highest BCUT2D eigenvalue weighted by molar-refractivity contribution is 5.36. The minimum Gasteiger partial charge on any atom is -0.197 e. The second kappa shape index (κ2) is 3.36. The molecule has 0 aliphatic carbocycles. The number of nitrogens with zero attached hydrogens (tertiary/aromatic N) is 4. The van der Waals surface area contributed by atoms with Crippen LogP contribution in [-0.2, 0) is 6.42 Å². The zero-order valence-electron chi connectivity index (χ0n) is 8.73. The van der Waals surface area contributed by atoms with Crippen LogP contribution in [0.4, 0.5) is 0 Å². The highest BCUT2D eigenvalue weighted by Crippen LogP contribution is 2.12. The second-order valence-corrected chi connectivity index (χ2v) is 3.65. The molecule has 0 bridgehead atoms. The van der Waals surface area contributed by atoms with Crippen molar-refractivity contribution >= 4 is 5.65 Å². The molecule has 0 amide bonds. The first kappa shape index (κ1) is 9.12. The molecule has 0 aliphatic heterocycles. The van der Waals surface area contributed by atoms with Crippen molar-refractivity contribution in [3.05, 3.63) is 23.7 Å².